The van der Waals surface area contributed by atoms with Crippen LogP contribution in [-0.4, -0.2) is 20.9 Å². The Morgan fingerprint density at radius 1 is 1.10 bits per heavy atom. The van der Waals surface area contributed by atoms with Gasteiger partial charge >= 0.3 is 0 Å². The second-order valence-corrected chi connectivity index (χ2v) is 9.69. The lowest BCUT2D eigenvalue weighted by atomic mass is 9.84. The van der Waals surface area contributed by atoms with Crippen LogP contribution >= 0.6 is 0 Å². The molecule has 1 heterocycles. The maximum absolute atomic E-state index is 14.2. The highest BCUT2D eigenvalue weighted by Gasteiger charge is 2.25. The van der Waals surface area contributed by atoms with Crippen LogP contribution in [0, 0.1) is 12.7 Å². The number of carbonyl (C=O) groups is 1. The number of benzene rings is 2. The molecule has 3 rings (SSSR count). The number of nitrogens with one attached hydrogen (secondary N) is 2. The largest absolute Gasteiger partial charge is 0.468 e. The Morgan fingerprint density at radius 3 is 2.52 bits per heavy atom. The quantitative estimate of drug-likeness (QED) is 0.551. The predicted octanol–water partition coefficient (Wildman–Crippen LogP) is 3.91. The summed E-state index contributed by atoms with van der Waals surface area (Å²) in [5.74, 6) is -0.289. The molecule has 0 saturated carbocycles. The third-order valence-corrected chi connectivity index (χ3v) is 6.47. The van der Waals surface area contributed by atoms with Gasteiger partial charge in [-0.3, -0.25) is 4.79 Å². The van der Waals surface area contributed by atoms with Crippen molar-refractivity contribution in [3.05, 3.63) is 89.1 Å². The number of furan rings is 1. The van der Waals surface area contributed by atoms with Gasteiger partial charge in [-0.15, -0.1) is 0 Å². The fourth-order valence-electron chi connectivity index (χ4n) is 3.18. The van der Waals surface area contributed by atoms with Crippen LogP contribution in [0.25, 0.3) is 0 Å². The molecule has 164 valence electrons. The first kappa shape index (κ1) is 22.7. The van der Waals surface area contributed by atoms with Gasteiger partial charge in [0.2, 0.25) is 10.0 Å². The highest BCUT2D eigenvalue weighted by molar-refractivity contribution is 7.89. The third-order valence-electron chi connectivity index (χ3n) is 5.07. The molecule has 3 aromatic rings. The number of hydrogen-bond acceptors (Lipinski definition) is 4. The second-order valence-electron chi connectivity index (χ2n) is 7.93. The van der Waals surface area contributed by atoms with Gasteiger partial charge in [-0.1, -0.05) is 38.1 Å². The third kappa shape index (κ3) is 5.39. The molecule has 0 unspecified atom stereocenters. The smallest absolute Gasteiger partial charge is 0.251 e. The summed E-state index contributed by atoms with van der Waals surface area (Å²) in [7, 11) is -3.84. The van der Waals surface area contributed by atoms with E-state index in [-0.39, 0.29) is 29.4 Å². The summed E-state index contributed by atoms with van der Waals surface area (Å²) in [5, 5.41) is 2.80. The number of rotatable bonds is 8. The van der Waals surface area contributed by atoms with Crippen LogP contribution in [0.4, 0.5) is 4.39 Å². The number of aryl methyl sites for hydroxylation is 1. The van der Waals surface area contributed by atoms with Gasteiger partial charge in [-0.25, -0.2) is 17.5 Å². The Morgan fingerprint density at radius 2 is 1.84 bits per heavy atom. The van der Waals surface area contributed by atoms with E-state index in [1.165, 1.54) is 24.5 Å². The Bertz CT molecular complexity index is 1170. The normalized spacial score (nSPS) is 12.0. The van der Waals surface area contributed by atoms with Gasteiger partial charge in [0.25, 0.3) is 5.91 Å². The van der Waals surface area contributed by atoms with E-state index in [0.717, 1.165) is 0 Å². The zero-order valence-corrected chi connectivity index (χ0v) is 18.4. The summed E-state index contributed by atoms with van der Waals surface area (Å²) in [6.07, 6.45) is 1.46. The lowest BCUT2D eigenvalue weighted by molar-refractivity contribution is 0.0944. The Hall–Kier alpha value is -2.97. The van der Waals surface area contributed by atoms with Crippen LogP contribution in [0.5, 0.6) is 0 Å². The van der Waals surface area contributed by atoms with Gasteiger partial charge in [0.05, 0.1) is 17.7 Å². The standard InChI is InChI=1S/C23H25FN2O4S/c1-16-10-11-18(31(28,29)26-14-17-7-6-12-30-17)13-19(16)22(27)25-15-23(2,3)20-8-4-5-9-21(20)24/h4-13,26H,14-15H2,1-3H3,(H,25,27). The highest BCUT2D eigenvalue weighted by atomic mass is 32.2. The first-order valence-electron chi connectivity index (χ1n) is 9.76. The maximum atomic E-state index is 14.2. The summed E-state index contributed by atoms with van der Waals surface area (Å²) in [6.45, 7) is 5.57. The summed E-state index contributed by atoms with van der Waals surface area (Å²) >= 11 is 0. The van der Waals surface area contributed by atoms with Gasteiger partial charge in [0.15, 0.2) is 0 Å². The summed E-state index contributed by atoms with van der Waals surface area (Å²) in [5.41, 5.74) is 0.713. The van der Waals surface area contributed by atoms with E-state index in [9.17, 15) is 17.6 Å². The zero-order valence-electron chi connectivity index (χ0n) is 17.6. The van der Waals surface area contributed by atoms with E-state index in [4.69, 9.17) is 4.42 Å². The molecule has 0 saturated heterocycles. The monoisotopic (exact) mass is 444 g/mol. The van der Waals surface area contributed by atoms with Gasteiger partial charge in [0, 0.05) is 17.5 Å². The van der Waals surface area contributed by atoms with Crippen LogP contribution in [-0.2, 0) is 22.0 Å². The number of halogens is 1. The van der Waals surface area contributed by atoms with Crippen LogP contribution in [0.3, 0.4) is 0 Å². The Kier molecular flexibility index (Phi) is 6.62. The van der Waals surface area contributed by atoms with E-state index >= 15 is 0 Å². The molecule has 0 aliphatic carbocycles. The van der Waals surface area contributed by atoms with Crippen molar-refractivity contribution >= 4 is 15.9 Å². The summed E-state index contributed by atoms with van der Waals surface area (Å²) < 4.78 is 47.0. The molecule has 0 fully saturated rings. The molecular weight excluding hydrogens is 419 g/mol. The van der Waals surface area contributed by atoms with Crippen LogP contribution < -0.4 is 10.0 Å². The van der Waals surface area contributed by atoms with Crippen molar-refractivity contribution in [1.82, 2.24) is 10.0 Å². The molecule has 8 heteroatoms. The fraction of sp³-hybridized carbons (Fsp3) is 0.261. The molecule has 0 atom stereocenters. The topological polar surface area (TPSA) is 88.4 Å². The van der Waals surface area contributed by atoms with E-state index in [1.54, 1.807) is 43.3 Å². The molecule has 0 bridgehead atoms. The van der Waals surface area contributed by atoms with E-state index < -0.39 is 21.3 Å². The SMILES string of the molecule is Cc1ccc(S(=O)(=O)NCc2ccco2)cc1C(=O)NCC(C)(C)c1ccccc1F. The summed E-state index contributed by atoms with van der Waals surface area (Å²) in [6, 6.07) is 14.1. The lowest BCUT2D eigenvalue weighted by Crippen LogP contribution is -2.37. The predicted molar refractivity (Wildman–Crippen MR) is 116 cm³/mol. The lowest BCUT2D eigenvalue weighted by Gasteiger charge is -2.26. The molecule has 0 aliphatic rings. The molecule has 1 aromatic heterocycles. The van der Waals surface area contributed by atoms with Crippen LogP contribution in [0.15, 0.2) is 70.2 Å². The van der Waals surface area contributed by atoms with Gasteiger partial charge < -0.3 is 9.73 Å². The van der Waals surface area contributed by atoms with Crippen LogP contribution in [0.1, 0.15) is 41.1 Å². The molecule has 31 heavy (non-hydrogen) atoms. The van der Waals surface area contributed by atoms with Crippen molar-refractivity contribution in [2.75, 3.05) is 6.54 Å². The van der Waals surface area contributed by atoms with Crippen LogP contribution in [0.2, 0.25) is 0 Å². The molecule has 2 N–H and O–H groups in total. The van der Waals surface area contributed by atoms with Gasteiger partial charge in [-0.2, -0.15) is 0 Å². The second kappa shape index (κ2) is 9.03. The number of amides is 1. The number of carbonyl (C=O) groups excluding carboxylic acids is 1. The van der Waals surface area contributed by atoms with Crippen molar-refractivity contribution in [3.63, 3.8) is 0 Å². The zero-order chi connectivity index (χ0) is 22.6. The average Bonchev–Trinajstić information content (AvgIpc) is 3.25. The van der Waals surface area contributed by atoms with E-state index in [2.05, 4.69) is 10.0 Å². The maximum Gasteiger partial charge on any atom is 0.251 e. The van der Waals surface area contributed by atoms with Crippen molar-refractivity contribution in [3.8, 4) is 0 Å². The molecule has 0 radical (unpaired) electrons. The fourth-order valence-corrected chi connectivity index (χ4v) is 4.20. The minimum absolute atomic E-state index is 0.00156. The minimum Gasteiger partial charge on any atom is -0.468 e. The minimum atomic E-state index is -3.84. The van der Waals surface area contributed by atoms with Gasteiger partial charge in [-0.05, 0) is 48.4 Å². The molecule has 1 amide bonds. The molecule has 0 spiro atoms. The van der Waals surface area contributed by atoms with Crippen molar-refractivity contribution < 1.29 is 22.0 Å². The van der Waals surface area contributed by atoms with Gasteiger partial charge in [0.1, 0.15) is 11.6 Å². The molecule has 0 aliphatic heterocycles. The summed E-state index contributed by atoms with van der Waals surface area (Å²) in [4.78, 5) is 12.8. The van der Waals surface area contributed by atoms with Crippen molar-refractivity contribution in [1.29, 1.82) is 0 Å². The van der Waals surface area contributed by atoms with Crippen molar-refractivity contribution in [2.45, 2.75) is 37.6 Å². The molecule has 2 aromatic carbocycles. The van der Waals surface area contributed by atoms with E-state index in [0.29, 0.717) is 16.9 Å². The molecular formula is C23H25FN2O4S. The first-order valence-corrected chi connectivity index (χ1v) is 11.2. The van der Waals surface area contributed by atoms with E-state index in [1.807, 2.05) is 13.8 Å². The Balaban J connectivity index is 1.75. The Labute approximate surface area is 181 Å². The van der Waals surface area contributed by atoms with Crippen molar-refractivity contribution in [2.24, 2.45) is 0 Å². The number of sulfonamides is 1. The highest BCUT2D eigenvalue weighted by Crippen LogP contribution is 2.25. The number of hydrogen-bond donors (Lipinski definition) is 2. The average molecular weight is 445 g/mol. The molecule has 6 nitrogen and oxygen atoms in total. The first-order chi connectivity index (χ1) is 14.6.